The molecule has 0 fully saturated rings. The quantitative estimate of drug-likeness (QED) is 0.237. The Kier molecular flexibility index (Phi) is 6.57. The molecular formula is C33H35ClZr. The summed E-state index contributed by atoms with van der Waals surface area (Å²) in [7, 11) is 0. The molecule has 0 heterocycles. The van der Waals surface area contributed by atoms with Crippen LogP contribution in [0.15, 0.2) is 76.1 Å². The second kappa shape index (κ2) is 9.24. The van der Waals surface area contributed by atoms with Gasteiger partial charge in [0.1, 0.15) is 0 Å². The molecule has 5 rings (SSSR count). The number of benzene rings is 3. The average molecular weight is 558 g/mol. The summed E-state index contributed by atoms with van der Waals surface area (Å²) in [5, 5.41) is 0.816. The summed E-state index contributed by atoms with van der Waals surface area (Å²) in [5.41, 5.74) is 10.3. The maximum atomic E-state index is 6.40. The van der Waals surface area contributed by atoms with E-state index in [1.54, 1.807) is 12.1 Å². The summed E-state index contributed by atoms with van der Waals surface area (Å²) in [4.78, 5) is 0. The number of halogens is 1. The minimum atomic E-state index is -2.35. The Morgan fingerprint density at radius 1 is 0.829 bits per heavy atom. The first-order valence-electron chi connectivity index (χ1n) is 12.7. The van der Waals surface area contributed by atoms with E-state index in [9.17, 15) is 0 Å². The van der Waals surface area contributed by atoms with E-state index >= 15 is 0 Å². The van der Waals surface area contributed by atoms with E-state index in [0.717, 1.165) is 17.9 Å². The Labute approximate surface area is 223 Å². The van der Waals surface area contributed by atoms with Crippen molar-refractivity contribution in [3.8, 4) is 11.1 Å². The summed E-state index contributed by atoms with van der Waals surface area (Å²) in [5.74, 6) is 0. The first-order valence-corrected chi connectivity index (χ1v) is 16.9. The van der Waals surface area contributed by atoms with Crippen LogP contribution in [0.1, 0.15) is 75.8 Å². The third kappa shape index (κ3) is 5.05. The zero-order valence-corrected chi connectivity index (χ0v) is 25.0. The van der Waals surface area contributed by atoms with Crippen molar-refractivity contribution in [3.63, 3.8) is 0 Å². The predicted molar refractivity (Wildman–Crippen MR) is 150 cm³/mol. The molecule has 0 aromatic heterocycles. The van der Waals surface area contributed by atoms with Gasteiger partial charge in [-0.15, -0.1) is 0 Å². The molecule has 0 nitrogen and oxygen atoms in total. The van der Waals surface area contributed by atoms with Crippen molar-refractivity contribution in [2.75, 3.05) is 0 Å². The first-order chi connectivity index (χ1) is 16.5. The Morgan fingerprint density at radius 3 is 2.23 bits per heavy atom. The monoisotopic (exact) mass is 556 g/mol. The molecule has 178 valence electrons. The zero-order chi connectivity index (χ0) is 25.0. The van der Waals surface area contributed by atoms with Crippen molar-refractivity contribution < 1.29 is 21.3 Å². The van der Waals surface area contributed by atoms with Crippen molar-refractivity contribution >= 4 is 18.6 Å². The normalized spacial score (nSPS) is 15.3. The van der Waals surface area contributed by atoms with Gasteiger partial charge in [0.15, 0.2) is 0 Å². The summed E-state index contributed by atoms with van der Waals surface area (Å²) in [6.45, 7) is 14.0. The number of fused-ring (bicyclic) bond motifs is 3. The minimum absolute atomic E-state index is 0.0980. The predicted octanol–water partition coefficient (Wildman–Crippen LogP) is 8.44. The van der Waals surface area contributed by atoms with Crippen LogP contribution in [0, 0.1) is 0 Å². The summed E-state index contributed by atoms with van der Waals surface area (Å²) in [6, 6.07) is 20.7. The molecule has 0 N–H and O–H groups in total. The molecule has 0 atom stereocenters. The van der Waals surface area contributed by atoms with Gasteiger partial charge in [-0.25, -0.2) is 0 Å². The van der Waals surface area contributed by atoms with Gasteiger partial charge < -0.3 is 0 Å². The second-order valence-corrected chi connectivity index (χ2v) is 18.1. The van der Waals surface area contributed by atoms with Gasteiger partial charge in [-0.2, -0.15) is 0 Å². The second-order valence-electron chi connectivity index (χ2n) is 12.0. The van der Waals surface area contributed by atoms with E-state index in [0.29, 0.717) is 0 Å². The topological polar surface area (TPSA) is 0 Å². The molecule has 0 unspecified atom stereocenters. The molecule has 0 amide bonds. The van der Waals surface area contributed by atoms with Gasteiger partial charge in [0.25, 0.3) is 0 Å². The van der Waals surface area contributed by atoms with Crippen molar-refractivity contribution in [3.05, 3.63) is 109 Å². The fraction of sp³-hybridized carbons (Fsp3) is 0.303. The fourth-order valence-corrected chi connectivity index (χ4v) is 11.9. The van der Waals surface area contributed by atoms with Gasteiger partial charge in [-0.1, -0.05) is 0 Å². The van der Waals surface area contributed by atoms with Gasteiger partial charge in [0.2, 0.25) is 0 Å². The molecule has 35 heavy (non-hydrogen) atoms. The SMILES string of the molecule is CC(C)(C)c1ccc2c(c1)-c1cc(C(C)(C)C)c[c](/[Zr](=[CH]\c3cccc(Cl)c3)[C]3=CC=CC3)c1C2. The Balaban J connectivity index is 1.77. The molecule has 0 aliphatic heterocycles. The summed E-state index contributed by atoms with van der Waals surface area (Å²) in [6.07, 6.45) is 9.09. The fourth-order valence-electron chi connectivity index (χ4n) is 5.17. The van der Waals surface area contributed by atoms with E-state index in [2.05, 4.69) is 112 Å². The van der Waals surface area contributed by atoms with Crippen LogP contribution in [0.3, 0.4) is 0 Å². The zero-order valence-electron chi connectivity index (χ0n) is 21.8. The molecule has 0 saturated heterocycles. The van der Waals surface area contributed by atoms with Gasteiger partial charge in [0, 0.05) is 0 Å². The standard InChI is InChI=1S/C21H25.C7H5Cl.C5H5.Zr/c1-20(2,3)16-9-7-14-11-15-8-10-17(21(4,5)6)13-19(15)18(14)12-16;1-6-3-2-4-7(8)5-6;1-2-4-5-3-1;/h7,9-10,12-13H,11H2,1-6H3;1-5H;1-3H,4H2;. The Hall–Kier alpha value is -1.82. The van der Waals surface area contributed by atoms with E-state index < -0.39 is 21.3 Å². The van der Waals surface area contributed by atoms with Crippen molar-refractivity contribution in [2.45, 2.75) is 65.2 Å². The van der Waals surface area contributed by atoms with Gasteiger partial charge >= 0.3 is 225 Å². The molecule has 0 spiro atoms. The van der Waals surface area contributed by atoms with E-state index in [-0.39, 0.29) is 10.8 Å². The third-order valence-electron chi connectivity index (χ3n) is 7.32. The number of hydrogen-bond acceptors (Lipinski definition) is 0. The van der Waals surface area contributed by atoms with Crippen LogP contribution < -0.4 is 3.27 Å². The molecule has 0 radical (unpaired) electrons. The van der Waals surface area contributed by atoms with Gasteiger partial charge in [0.05, 0.1) is 0 Å². The molecule has 0 bridgehead atoms. The van der Waals surface area contributed by atoms with Crippen LogP contribution in [0.25, 0.3) is 11.1 Å². The van der Waals surface area contributed by atoms with Crippen LogP contribution in [-0.4, -0.2) is 3.71 Å². The molecule has 0 saturated carbocycles. The van der Waals surface area contributed by atoms with Crippen LogP contribution in [0.2, 0.25) is 5.02 Å². The van der Waals surface area contributed by atoms with Gasteiger partial charge in [-0.05, 0) is 0 Å². The van der Waals surface area contributed by atoms with E-state index in [4.69, 9.17) is 11.6 Å². The molecule has 2 heteroatoms. The van der Waals surface area contributed by atoms with Crippen LogP contribution in [0.5, 0.6) is 0 Å². The Morgan fingerprint density at radius 2 is 1.57 bits per heavy atom. The Bertz CT molecular complexity index is 1400. The van der Waals surface area contributed by atoms with E-state index in [1.807, 2.05) is 6.07 Å². The summed E-state index contributed by atoms with van der Waals surface area (Å²) >= 11 is 4.05. The molecule has 2 aliphatic carbocycles. The summed E-state index contributed by atoms with van der Waals surface area (Å²) < 4.78 is 5.89. The maximum absolute atomic E-state index is 6.40. The number of hydrogen-bond donors (Lipinski definition) is 0. The molecule has 2 aliphatic rings. The van der Waals surface area contributed by atoms with Crippen molar-refractivity contribution in [1.29, 1.82) is 0 Å². The van der Waals surface area contributed by atoms with Crippen LogP contribution >= 0.6 is 11.6 Å². The molecular weight excluding hydrogens is 523 g/mol. The first kappa shape index (κ1) is 24.9. The van der Waals surface area contributed by atoms with Crippen molar-refractivity contribution in [1.82, 2.24) is 0 Å². The number of allylic oxidation sites excluding steroid dienone is 4. The molecule has 3 aromatic carbocycles. The van der Waals surface area contributed by atoms with Crippen molar-refractivity contribution in [2.24, 2.45) is 0 Å². The van der Waals surface area contributed by atoms with Crippen LogP contribution in [0.4, 0.5) is 0 Å². The number of rotatable bonds is 3. The average Bonchev–Trinajstić information content (AvgIpc) is 3.43. The van der Waals surface area contributed by atoms with Gasteiger partial charge in [-0.3, -0.25) is 0 Å². The van der Waals surface area contributed by atoms with E-state index in [1.165, 1.54) is 33.4 Å². The van der Waals surface area contributed by atoms with Crippen LogP contribution in [-0.2, 0) is 38.5 Å². The molecule has 3 aromatic rings. The third-order valence-corrected chi connectivity index (χ3v) is 14.2.